The lowest BCUT2D eigenvalue weighted by atomic mass is 10.1. The van der Waals surface area contributed by atoms with Crippen LogP contribution in [-0.2, 0) is 6.54 Å². The van der Waals surface area contributed by atoms with Crippen molar-refractivity contribution in [1.29, 1.82) is 0 Å². The largest absolute Gasteiger partial charge is 0.366 e. The molecule has 1 saturated heterocycles. The van der Waals surface area contributed by atoms with E-state index in [0.717, 1.165) is 38.3 Å². The van der Waals surface area contributed by atoms with Crippen molar-refractivity contribution in [2.75, 3.05) is 38.1 Å². The fraction of sp³-hybridized carbons (Fsp3) is 0.647. The third-order valence-corrected chi connectivity index (χ3v) is 4.05. The molecule has 0 radical (unpaired) electrons. The minimum absolute atomic E-state index is 0.151. The van der Waals surface area contributed by atoms with E-state index in [9.17, 15) is 4.39 Å². The second-order valence-corrected chi connectivity index (χ2v) is 6.60. The van der Waals surface area contributed by atoms with Crippen molar-refractivity contribution in [3.05, 3.63) is 29.6 Å². The molecule has 0 amide bonds. The van der Waals surface area contributed by atoms with Gasteiger partial charge in [0, 0.05) is 37.9 Å². The van der Waals surface area contributed by atoms with E-state index in [1.165, 1.54) is 5.69 Å². The molecule has 118 valence electrons. The summed E-state index contributed by atoms with van der Waals surface area (Å²) in [6.07, 6.45) is 0. The van der Waals surface area contributed by atoms with Crippen LogP contribution in [0, 0.1) is 11.7 Å². The first kappa shape index (κ1) is 16.2. The minimum atomic E-state index is -0.151. The van der Waals surface area contributed by atoms with Gasteiger partial charge in [0.25, 0.3) is 0 Å². The normalized spacial score (nSPS) is 20.3. The standard InChI is InChI=1S/C17H28FN3/c1-13(2)10-19-11-15-9-16(18)5-6-17(15)21-8-7-20(4)12-14(21)3/h5-6,9,13-14,19H,7-8,10-12H2,1-4H3. The second kappa shape index (κ2) is 7.23. The number of nitrogens with zero attached hydrogens (tertiary/aromatic N) is 2. The van der Waals surface area contributed by atoms with Crippen LogP contribution < -0.4 is 10.2 Å². The van der Waals surface area contributed by atoms with Crippen LogP contribution in [-0.4, -0.2) is 44.2 Å². The van der Waals surface area contributed by atoms with Gasteiger partial charge in [0.05, 0.1) is 0 Å². The summed E-state index contributed by atoms with van der Waals surface area (Å²) in [7, 11) is 2.16. The Kier molecular flexibility index (Phi) is 5.59. The van der Waals surface area contributed by atoms with Crippen LogP contribution in [0.4, 0.5) is 10.1 Å². The van der Waals surface area contributed by atoms with E-state index in [1.54, 1.807) is 12.1 Å². The molecule has 1 atom stereocenters. The van der Waals surface area contributed by atoms with Gasteiger partial charge in [-0.25, -0.2) is 4.39 Å². The molecule has 1 N–H and O–H groups in total. The van der Waals surface area contributed by atoms with Gasteiger partial charge in [-0.05, 0) is 50.2 Å². The number of hydrogen-bond donors (Lipinski definition) is 1. The Morgan fingerprint density at radius 1 is 1.33 bits per heavy atom. The summed E-state index contributed by atoms with van der Waals surface area (Å²) in [4.78, 5) is 4.76. The van der Waals surface area contributed by atoms with Crippen molar-refractivity contribution in [3.63, 3.8) is 0 Å². The topological polar surface area (TPSA) is 18.5 Å². The van der Waals surface area contributed by atoms with Crippen LogP contribution >= 0.6 is 0 Å². The van der Waals surface area contributed by atoms with Gasteiger partial charge < -0.3 is 15.1 Å². The SMILES string of the molecule is CC(C)CNCc1cc(F)ccc1N1CCN(C)CC1C. The number of anilines is 1. The lowest BCUT2D eigenvalue weighted by Crippen LogP contribution is -2.50. The highest BCUT2D eigenvalue weighted by atomic mass is 19.1. The average Bonchev–Trinajstić information content (AvgIpc) is 2.39. The first-order valence-electron chi connectivity index (χ1n) is 7.91. The van der Waals surface area contributed by atoms with Crippen molar-refractivity contribution in [2.24, 2.45) is 5.92 Å². The van der Waals surface area contributed by atoms with E-state index in [0.29, 0.717) is 12.0 Å². The van der Waals surface area contributed by atoms with Gasteiger partial charge in [-0.15, -0.1) is 0 Å². The maximum Gasteiger partial charge on any atom is 0.123 e. The smallest absolute Gasteiger partial charge is 0.123 e. The van der Waals surface area contributed by atoms with Crippen LogP contribution in [0.25, 0.3) is 0 Å². The molecule has 1 aliphatic heterocycles. The highest BCUT2D eigenvalue weighted by Crippen LogP contribution is 2.25. The van der Waals surface area contributed by atoms with Gasteiger partial charge in [-0.1, -0.05) is 13.8 Å². The van der Waals surface area contributed by atoms with Crippen molar-refractivity contribution in [1.82, 2.24) is 10.2 Å². The maximum atomic E-state index is 13.6. The first-order chi connectivity index (χ1) is 9.97. The fourth-order valence-electron chi connectivity index (χ4n) is 2.97. The molecular formula is C17H28FN3. The van der Waals surface area contributed by atoms with Crippen LogP contribution in [0.15, 0.2) is 18.2 Å². The summed E-state index contributed by atoms with van der Waals surface area (Å²) in [5.74, 6) is 0.450. The molecule has 0 aliphatic carbocycles. The Bertz CT molecular complexity index is 461. The minimum Gasteiger partial charge on any atom is -0.366 e. The number of likely N-dealkylation sites (N-methyl/N-ethyl adjacent to an activating group) is 1. The number of halogens is 1. The first-order valence-corrected chi connectivity index (χ1v) is 7.91. The van der Waals surface area contributed by atoms with Gasteiger partial charge in [0.1, 0.15) is 5.82 Å². The molecular weight excluding hydrogens is 265 g/mol. The lowest BCUT2D eigenvalue weighted by molar-refractivity contribution is 0.275. The summed E-state index contributed by atoms with van der Waals surface area (Å²) < 4.78 is 13.6. The van der Waals surface area contributed by atoms with Crippen molar-refractivity contribution in [3.8, 4) is 0 Å². The Morgan fingerprint density at radius 3 is 2.76 bits per heavy atom. The zero-order chi connectivity index (χ0) is 15.4. The fourth-order valence-corrected chi connectivity index (χ4v) is 2.97. The van der Waals surface area contributed by atoms with E-state index in [-0.39, 0.29) is 5.82 Å². The second-order valence-electron chi connectivity index (χ2n) is 6.60. The predicted octanol–water partition coefficient (Wildman–Crippen LogP) is 2.71. The molecule has 1 aromatic rings. The highest BCUT2D eigenvalue weighted by Gasteiger charge is 2.23. The van der Waals surface area contributed by atoms with Gasteiger partial charge >= 0.3 is 0 Å². The third kappa shape index (κ3) is 4.42. The number of hydrogen-bond acceptors (Lipinski definition) is 3. The summed E-state index contributed by atoms with van der Waals surface area (Å²) in [5.41, 5.74) is 2.24. The maximum absolute atomic E-state index is 13.6. The van der Waals surface area contributed by atoms with Crippen molar-refractivity contribution >= 4 is 5.69 Å². The van der Waals surface area contributed by atoms with Crippen molar-refractivity contribution in [2.45, 2.75) is 33.4 Å². The third-order valence-electron chi connectivity index (χ3n) is 4.05. The van der Waals surface area contributed by atoms with Gasteiger partial charge in [-0.3, -0.25) is 0 Å². The molecule has 1 unspecified atom stereocenters. The van der Waals surface area contributed by atoms with E-state index >= 15 is 0 Å². The molecule has 0 bridgehead atoms. The average molecular weight is 293 g/mol. The van der Waals surface area contributed by atoms with E-state index in [4.69, 9.17) is 0 Å². The number of rotatable bonds is 5. The molecule has 2 rings (SSSR count). The molecule has 1 aromatic carbocycles. The molecule has 0 saturated carbocycles. The van der Waals surface area contributed by atoms with E-state index in [2.05, 4.69) is 42.9 Å². The summed E-state index contributed by atoms with van der Waals surface area (Å²) in [5, 5.41) is 3.43. The van der Waals surface area contributed by atoms with Crippen LogP contribution in [0.5, 0.6) is 0 Å². The van der Waals surface area contributed by atoms with Gasteiger partial charge in [-0.2, -0.15) is 0 Å². The molecule has 3 nitrogen and oxygen atoms in total. The molecule has 21 heavy (non-hydrogen) atoms. The van der Waals surface area contributed by atoms with Gasteiger partial charge in [0.15, 0.2) is 0 Å². The molecule has 1 fully saturated rings. The monoisotopic (exact) mass is 293 g/mol. The highest BCUT2D eigenvalue weighted by molar-refractivity contribution is 5.55. The van der Waals surface area contributed by atoms with Gasteiger partial charge in [0.2, 0.25) is 0 Å². The Labute approximate surface area is 128 Å². The molecule has 0 spiro atoms. The van der Waals surface area contributed by atoms with E-state index < -0.39 is 0 Å². The number of piperazine rings is 1. The molecule has 1 heterocycles. The Hall–Kier alpha value is -1.13. The zero-order valence-corrected chi connectivity index (χ0v) is 13.7. The number of benzene rings is 1. The predicted molar refractivity (Wildman–Crippen MR) is 87.2 cm³/mol. The Balaban J connectivity index is 2.14. The summed E-state index contributed by atoms with van der Waals surface area (Å²) in [6.45, 7) is 11.4. The van der Waals surface area contributed by atoms with Crippen LogP contribution in [0.3, 0.4) is 0 Å². The molecule has 4 heteroatoms. The van der Waals surface area contributed by atoms with Crippen LogP contribution in [0.1, 0.15) is 26.3 Å². The summed E-state index contributed by atoms with van der Waals surface area (Å²) in [6, 6.07) is 5.64. The lowest BCUT2D eigenvalue weighted by Gasteiger charge is -2.40. The van der Waals surface area contributed by atoms with Crippen LogP contribution in [0.2, 0.25) is 0 Å². The quantitative estimate of drug-likeness (QED) is 0.900. The Morgan fingerprint density at radius 2 is 2.10 bits per heavy atom. The molecule has 0 aromatic heterocycles. The summed E-state index contributed by atoms with van der Waals surface area (Å²) >= 11 is 0. The number of nitrogens with one attached hydrogen (secondary N) is 1. The zero-order valence-electron chi connectivity index (χ0n) is 13.7. The van der Waals surface area contributed by atoms with Crippen molar-refractivity contribution < 1.29 is 4.39 Å². The van der Waals surface area contributed by atoms with E-state index in [1.807, 2.05) is 6.07 Å². The molecule has 1 aliphatic rings.